The van der Waals surface area contributed by atoms with Gasteiger partial charge in [0.05, 0.1) is 12.9 Å². The van der Waals surface area contributed by atoms with Crippen LogP contribution < -0.4 is 20.8 Å². The SMILES string of the molecule is CCNC(=O)Nc1ncnc2c1ncn2[C@@H]1O[C@H](COP(=O)([O-])CC2CCNC(C(=O)O)C2)[C@@H]2O[C@H](c3ccccc3)O[C@@H]21. The largest absolute Gasteiger partial charge is 0.778 e. The van der Waals surface area contributed by atoms with E-state index in [9.17, 15) is 24.2 Å². The molecule has 16 nitrogen and oxygen atoms in total. The van der Waals surface area contributed by atoms with Crippen molar-refractivity contribution < 1.29 is 42.9 Å². The predicted octanol–water partition coefficient (Wildman–Crippen LogP) is 1.37. The van der Waals surface area contributed by atoms with Crippen LogP contribution in [0.4, 0.5) is 10.6 Å². The fourth-order valence-corrected chi connectivity index (χ4v) is 7.25. The third kappa shape index (κ3) is 6.47. The van der Waals surface area contributed by atoms with Crippen LogP contribution in [0.1, 0.15) is 37.8 Å². The molecule has 5 heterocycles. The van der Waals surface area contributed by atoms with E-state index >= 15 is 0 Å². The minimum atomic E-state index is -4.36. The summed E-state index contributed by atoms with van der Waals surface area (Å²) >= 11 is 0. The maximum absolute atomic E-state index is 13.0. The number of anilines is 1. The average molecular weight is 631 g/mol. The van der Waals surface area contributed by atoms with Crippen molar-refractivity contribution in [3.8, 4) is 0 Å². The lowest BCUT2D eigenvalue weighted by Crippen LogP contribution is -2.44. The number of nitrogens with one attached hydrogen (secondary N) is 3. The molecule has 3 aliphatic heterocycles. The lowest BCUT2D eigenvalue weighted by molar-refractivity contribution is -0.205. The van der Waals surface area contributed by atoms with Crippen LogP contribution in [0.5, 0.6) is 0 Å². The molecule has 3 fully saturated rings. The summed E-state index contributed by atoms with van der Waals surface area (Å²) in [6, 6.07) is 8.08. The van der Waals surface area contributed by atoms with Gasteiger partial charge < -0.3 is 43.9 Å². The Morgan fingerprint density at radius 2 is 1.98 bits per heavy atom. The summed E-state index contributed by atoms with van der Waals surface area (Å²) in [5.74, 6) is -1.16. The van der Waals surface area contributed by atoms with Gasteiger partial charge in [0.1, 0.15) is 38.3 Å². The number of hydrogen-bond donors (Lipinski definition) is 4. The van der Waals surface area contributed by atoms with Crippen LogP contribution in [0.15, 0.2) is 43.0 Å². The van der Waals surface area contributed by atoms with Crippen LogP contribution in [0.3, 0.4) is 0 Å². The van der Waals surface area contributed by atoms with Crippen molar-refractivity contribution in [1.82, 2.24) is 30.2 Å². The molecular formula is C27H33N7O9P-. The average Bonchev–Trinajstić information content (AvgIpc) is 3.71. The number of carboxylic acid groups (broad SMARTS) is 1. The number of piperidine rings is 1. The summed E-state index contributed by atoms with van der Waals surface area (Å²) in [6.07, 6.45) is -0.579. The van der Waals surface area contributed by atoms with E-state index in [1.54, 1.807) is 11.5 Å². The van der Waals surface area contributed by atoms with E-state index in [0.717, 1.165) is 5.56 Å². The van der Waals surface area contributed by atoms with Gasteiger partial charge in [-0.2, -0.15) is 0 Å². The van der Waals surface area contributed by atoms with Crippen molar-refractivity contribution in [3.63, 3.8) is 0 Å². The Morgan fingerprint density at radius 1 is 1.18 bits per heavy atom. The summed E-state index contributed by atoms with van der Waals surface area (Å²) in [6.45, 7) is 2.29. The molecule has 1 aromatic carbocycles. The summed E-state index contributed by atoms with van der Waals surface area (Å²) in [7, 11) is -4.36. The molecule has 2 amide bonds. The number of ether oxygens (including phenoxy) is 3. The molecule has 0 saturated carbocycles. The van der Waals surface area contributed by atoms with Gasteiger partial charge in [-0.25, -0.2) is 19.7 Å². The number of amides is 2. The molecule has 44 heavy (non-hydrogen) atoms. The minimum absolute atomic E-state index is 0.194. The van der Waals surface area contributed by atoms with Gasteiger partial charge in [-0.1, -0.05) is 30.3 Å². The summed E-state index contributed by atoms with van der Waals surface area (Å²) < 4.78 is 39.0. The number of carbonyl (C=O) groups is 2. The Kier molecular flexibility index (Phi) is 8.91. The second kappa shape index (κ2) is 12.9. The number of carboxylic acids is 1. The Balaban J connectivity index is 1.21. The van der Waals surface area contributed by atoms with E-state index in [1.165, 1.54) is 12.7 Å². The molecule has 6 rings (SSSR count). The van der Waals surface area contributed by atoms with E-state index in [-0.39, 0.29) is 30.9 Å². The zero-order valence-corrected chi connectivity index (χ0v) is 24.7. The third-order valence-electron chi connectivity index (χ3n) is 7.85. The van der Waals surface area contributed by atoms with Crippen molar-refractivity contribution in [2.45, 2.75) is 56.6 Å². The summed E-state index contributed by atoms with van der Waals surface area (Å²) in [5.41, 5.74) is 1.46. The number of nitrogens with zero attached hydrogens (tertiary/aromatic N) is 4. The lowest BCUT2D eigenvalue weighted by atomic mass is 9.94. The number of aromatic nitrogens is 4. The van der Waals surface area contributed by atoms with Crippen LogP contribution in [0.2, 0.25) is 0 Å². The molecule has 3 aromatic rings. The predicted molar refractivity (Wildman–Crippen MR) is 151 cm³/mol. The molecule has 3 saturated heterocycles. The van der Waals surface area contributed by atoms with Gasteiger partial charge in [-0.15, -0.1) is 0 Å². The second-order valence-corrected chi connectivity index (χ2v) is 12.7. The molecule has 3 unspecified atom stereocenters. The van der Waals surface area contributed by atoms with E-state index in [2.05, 4.69) is 30.9 Å². The molecule has 4 N–H and O–H groups in total. The Bertz CT molecular complexity index is 1540. The van der Waals surface area contributed by atoms with Crippen LogP contribution in [0.25, 0.3) is 11.2 Å². The van der Waals surface area contributed by atoms with Crippen LogP contribution >= 0.6 is 7.60 Å². The second-order valence-electron chi connectivity index (χ2n) is 10.9. The zero-order chi connectivity index (χ0) is 30.8. The molecule has 2 aromatic heterocycles. The van der Waals surface area contributed by atoms with Gasteiger partial charge in [0, 0.05) is 18.3 Å². The fraction of sp³-hybridized carbons (Fsp3) is 0.519. The number of fused-ring (bicyclic) bond motifs is 2. The van der Waals surface area contributed by atoms with E-state index in [0.29, 0.717) is 30.7 Å². The van der Waals surface area contributed by atoms with Gasteiger partial charge in [0.25, 0.3) is 0 Å². The quantitative estimate of drug-likeness (QED) is 0.234. The van der Waals surface area contributed by atoms with Crippen molar-refractivity contribution in [1.29, 1.82) is 0 Å². The first kappa shape index (κ1) is 30.5. The van der Waals surface area contributed by atoms with Gasteiger partial charge >= 0.3 is 12.0 Å². The highest BCUT2D eigenvalue weighted by atomic mass is 31.2. The van der Waals surface area contributed by atoms with Gasteiger partial charge in [-0.3, -0.25) is 14.7 Å². The first-order valence-corrected chi connectivity index (χ1v) is 16.1. The number of aliphatic carboxylic acids is 1. The number of imidazole rings is 1. The van der Waals surface area contributed by atoms with Gasteiger partial charge in [-0.05, 0) is 32.2 Å². The van der Waals surface area contributed by atoms with E-state index in [1.807, 2.05) is 30.3 Å². The van der Waals surface area contributed by atoms with Crippen molar-refractivity contribution in [2.24, 2.45) is 5.92 Å². The maximum Gasteiger partial charge on any atom is 0.320 e. The topological polar surface area (TPSA) is 211 Å². The number of rotatable bonds is 10. The maximum atomic E-state index is 13.0. The highest BCUT2D eigenvalue weighted by Gasteiger charge is 2.54. The molecule has 17 heteroatoms. The van der Waals surface area contributed by atoms with Crippen molar-refractivity contribution >= 4 is 36.6 Å². The zero-order valence-electron chi connectivity index (χ0n) is 23.8. The van der Waals surface area contributed by atoms with E-state index in [4.69, 9.17) is 18.7 Å². The number of urea groups is 1. The van der Waals surface area contributed by atoms with Crippen LogP contribution in [-0.2, 0) is 28.1 Å². The fourth-order valence-electron chi connectivity index (χ4n) is 5.81. The van der Waals surface area contributed by atoms with E-state index < -0.39 is 56.5 Å². The third-order valence-corrected chi connectivity index (χ3v) is 9.35. The number of hydrogen-bond acceptors (Lipinski definition) is 12. The highest BCUT2D eigenvalue weighted by Crippen LogP contribution is 2.47. The highest BCUT2D eigenvalue weighted by molar-refractivity contribution is 7.51. The van der Waals surface area contributed by atoms with Crippen molar-refractivity contribution in [3.05, 3.63) is 48.5 Å². The Labute approximate surface area is 252 Å². The molecular weight excluding hydrogens is 597 g/mol. The number of benzene rings is 1. The first-order valence-electron chi connectivity index (χ1n) is 14.4. The van der Waals surface area contributed by atoms with Crippen LogP contribution in [0, 0.1) is 5.92 Å². The smallest absolute Gasteiger partial charge is 0.320 e. The molecule has 0 bridgehead atoms. The molecule has 8 atom stereocenters. The Hall–Kier alpha value is -3.50. The number of carbonyl (C=O) groups excluding carboxylic acids is 1. The van der Waals surface area contributed by atoms with Crippen molar-refractivity contribution in [2.75, 3.05) is 31.2 Å². The monoisotopic (exact) mass is 630 g/mol. The first-order chi connectivity index (χ1) is 21.2. The van der Waals surface area contributed by atoms with Crippen LogP contribution in [-0.4, -0.2) is 86.8 Å². The minimum Gasteiger partial charge on any atom is -0.778 e. The molecule has 0 aliphatic carbocycles. The van der Waals surface area contributed by atoms with Gasteiger partial charge in [0.2, 0.25) is 0 Å². The summed E-state index contributed by atoms with van der Waals surface area (Å²) in [5, 5.41) is 17.5. The molecule has 0 radical (unpaired) electrons. The normalized spacial score (nSPS) is 29.6. The molecule has 0 spiro atoms. The standard InChI is InChI=1S/C27H34N7O9P/c1-2-28-27(37)33-22-19-23(31-13-30-22)34(14-32-19)24-21-20(42-26(43-21)16-6-4-3-5-7-16)18(41-24)11-40-44(38,39)12-15-8-9-29-17(10-15)25(35)36/h3-7,13-15,17-18,20-21,24,26,29H,2,8-12H2,1H3,(H,35,36)(H,38,39)(H2,28,30,31,33,37)/p-1/t15?,17?,18-,20+,21+,24-,26+/m1/s1. The summed E-state index contributed by atoms with van der Waals surface area (Å²) in [4.78, 5) is 49.4. The lowest BCUT2D eigenvalue weighted by Gasteiger charge is -2.33. The van der Waals surface area contributed by atoms with Gasteiger partial charge in [0.15, 0.2) is 29.5 Å². The molecule has 236 valence electrons. The Morgan fingerprint density at radius 3 is 2.75 bits per heavy atom. The molecule has 3 aliphatic rings.